The molecule has 3 heteroatoms. The largest absolute Gasteiger partial charge is 0.371 e. The molecule has 1 saturated heterocycles. The highest BCUT2D eigenvalue weighted by atomic mass is 35.5. The van der Waals surface area contributed by atoms with Gasteiger partial charge in [-0.2, -0.15) is 0 Å². The van der Waals surface area contributed by atoms with Crippen LogP contribution in [0.15, 0.2) is 18.5 Å². The van der Waals surface area contributed by atoms with Gasteiger partial charge in [-0.3, -0.25) is 4.98 Å². The lowest BCUT2D eigenvalue weighted by molar-refractivity contribution is 0.569. The second-order valence-corrected chi connectivity index (χ2v) is 4.41. The quantitative estimate of drug-likeness (QED) is 0.734. The molecule has 0 aliphatic carbocycles. The van der Waals surface area contributed by atoms with Crippen LogP contribution >= 0.6 is 11.6 Å². The molecule has 2 nitrogen and oxygen atoms in total. The molecular weight excluding hydrogens is 208 g/mol. The summed E-state index contributed by atoms with van der Waals surface area (Å²) in [5.74, 6) is 1.40. The highest BCUT2D eigenvalue weighted by Crippen LogP contribution is 2.28. The van der Waals surface area contributed by atoms with Crippen LogP contribution in [0.25, 0.3) is 0 Å². The van der Waals surface area contributed by atoms with Gasteiger partial charge in [0.15, 0.2) is 0 Å². The number of rotatable bonds is 3. The zero-order chi connectivity index (χ0) is 10.7. The molecule has 1 atom stereocenters. The number of alkyl halides is 1. The summed E-state index contributed by atoms with van der Waals surface area (Å²) in [4.78, 5) is 6.55. The Morgan fingerprint density at radius 2 is 2.47 bits per heavy atom. The predicted octanol–water partition coefficient (Wildman–Crippen LogP) is 3.06. The van der Waals surface area contributed by atoms with E-state index in [1.54, 1.807) is 0 Å². The molecule has 0 saturated carbocycles. The van der Waals surface area contributed by atoms with Crippen LogP contribution in [-0.2, 0) is 5.88 Å². The first-order valence-electron chi connectivity index (χ1n) is 5.59. The van der Waals surface area contributed by atoms with Crippen molar-refractivity contribution < 1.29 is 0 Å². The molecule has 1 fully saturated rings. The minimum Gasteiger partial charge on any atom is -0.371 e. The fourth-order valence-corrected chi connectivity index (χ4v) is 2.42. The van der Waals surface area contributed by atoms with Crippen molar-refractivity contribution >= 4 is 17.3 Å². The van der Waals surface area contributed by atoms with E-state index in [1.165, 1.54) is 25.1 Å². The Labute approximate surface area is 96.3 Å². The lowest BCUT2D eigenvalue weighted by Gasteiger charge is -2.20. The van der Waals surface area contributed by atoms with Gasteiger partial charge in [-0.05, 0) is 18.4 Å². The monoisotopic (exact) mass is 224 g/mol. The minimum absolute atomic E-state index is 0.552. The Balaban J connectivity index is 2.16. The molecule has 15 heavy (non-hydrogen) atoms. The molecule has 2 heterocycles. The van der Waals surface area contributed by atoms with Crippen molar-refractivity contribution in [1.82, 2.24) is 4.98 Å². The third kappa shape index (κ3) is 2.25. The van der Waals surface area contributed by atoms with Gasteiger partial charge in [0.2, 0.25) is 0 Å². The molecule has 0 bridgehead atoms. The number of nitrogens with zero attached hydrogens (tertiary/aromatic N) is 2. The van der Waals surface area contributed by atoms with Crippen LogP contribution < -0.4 is 4.90 Å². The molecular formula is C12H17ClN2. The van der Waals surface area contributed by atoms with Crippen molar-refractivity contribution in [2.24, 2.45) is 5.92 Å². The lowest BCUT2D eigenvalue weighted by atomic mass is 10.1. The Hall–Kier alpha value is -0.760. The van der Waals surface area contributed by atoms with Gasteiger partial charge in [-0.25, -0.2) is 0 Å². The van der Waals surface area contributed by atoms with Crippen LogP contribution in [0.3, 0.4) is 0 Å². The van der Waals surface area contributed by atoms with Gasteiger partial charge in [0.25, 0.3) is 0 Å². The van der Waals surface area contributed by atoms with Gasteiger partial charge in [-0.15, -0.1) is 11.6 Å². The summed E-state index contributed by atoms with van der Waals surface area (Å²) in [6.45, 7) is 4.60. The second-order valence-electron chi connectivity index (χ2n) is 4.15. The van der Waals surface area contributed by atoms with E-state index in [4.69, 9.17) is 11.6 Å². The summed E-state index contributed by atoms with van der Waals surface area (Å²) in [6.07, 6.45) is 6.31. The van der Waals surface area contributed by atoms with E-state index in [9.17, 15) is 0 Å². The number of halogens is 1. The Morgan fingerprint density at radius 3 is 3.13 bits per heavy atom. The smallest absolute Gasteiger partial charge is 0.0509 e. The number of hydrogen-bond donors (Lipinski definition) is 0. The molecule has 1 aromatic heterocycles. The molecule has 1 aliphatic rings. The first-order chi connectivity index (χ1) is 7.35. The van der Waals surface area contributed by atoms with Crippen LogP contribution in [0.1, 0.15) is 25.3 Å². The molecule has 0 N–H and O–H groups in total. The van der Waals surface area contributed by atoms with E-state index >= 15 is 0 Å². The maximum Gasteiger partial charge on any atom is 0.0509 e. The number of anilines is 1. The highest BCUT2D eigenvalue weighted by molar-refractivity contribution is 6.17. The van der Waals surface area contributed by atoms with Gasteiger partial charge in [0.1, 0.15) is 0 Å². The molecule has 0 radical (unpaired) electrons. The first-order valence-corrected chi connectivity index (χ1v) is 6.12. The minimum atomic E-state index is 0.552. The summed E-state index contributed by atoms with van der Waals surface area (Å²) in [5, 5.41) is 0. The molecule has 2 rings (SSSR count). The fourth-order valence-electron chi connectivity index (χ4n) is 2.22. The standard InChI is InChI=1S/C12H17ClN2/c1-2-10-4-6-15(9-10)12-3-5-14-8-11(12)7-13/h3,5,8,10H,2,4,6-7,9H2,1H3. The van der Waals surface area contributed by atoms with Crippen LogP contribution in [0.4, 0.5) is 5.69 Å². The molecule has 1 aromatic rings. The van der Waals surface area contributed by atoms with Gasteiger partial charge >= 0.3 is 0 Å². The molecule has 1 unspecified atom stereocenters. The van der Waals surface area contributed by atoms with E-state index in [2.05, 4.69) is 22.9 Å². The summed E-state index contributed by atoms with van der Waals surface area (Å²) < 4.78 is 0. The van der Waals surface area contributed by atoms with Crippen molar-refractivity contribution in [3.05, 3.63) is 24.0 Å². The zero-order valence-electron chi connectivity index (χ0n) is 9.12. The molecule has 82 valence electrons. The van der Waals surface area contributed by atoms with Gasteiger partial charge in [0, 0.05) is 36.7 Å². The third-order valence-corrected chi connectivity index (χ3v) is 3.51. The predicted molar refractivity (Wildman–Crippen MR) is 64.4 cm³/mol. The van der Waals surface area contributed by atoms with E-state index < -0.39 is 0 Å². The van der Waals surface area contributed by atoms with E-state index in [-0.39, 0.29) is 0 Å². The summed E-state index contributed by atoms with van der Waals surface area (Å²) in [7, 11) is 0. The first kappa shape index (κ1) is 10.7. The highest BCUT2D eigenvalue weighted by Gasteiger charge is 2.22. The number of aromatic nitrogens is 1. The van der Waals surface area contributed by atoms with Crippen molar-refractivity contribution in [3.8, 4) is 0 Å². The third-order valence-electron chi connectivity index (χ3n) is 3.23. The molecule has 1 aliphatic heterocycles. The Morgan fingerprint density at radius 1 is 1.60 bits per heavy atom. The number of pyridine rings is 1. The van der Waals surface area contributed by atoms with E-state index in [0.717, 1.165) is 18.0 Å². The van der Waals surface area contributed by atoms with Gasteiger partial charge in [0.05, 0.1) is 5.88 Å². The molecule has 0 spiro atoms. The van der Waals surface area contributed by atoms with Crippen LogP contribution in [-0.4, -0.2) is 18.1 Å². The Kier molecular flexibility index (Phi) is 3.47. The van der Waals surface area contributed by atoms with Crippen molar-refractivity contribution in [3.63, 3.8) is 0 Å². The maximum atomic E-state index is 5.91. The maximum absolute atomic E-state index is 5.91. The van der Waals surface area contributed by atoms with E-state index in [0.29, 0.717) is 5.88 Å². The molecule has 0 aromatic carbocycles. The lowest BCUT2D eigenvalue weighted by Crippen LogP contribution is -2.20. The molecule has 0 amide bonds. The number of hydrogen-bond acceptors (Lipinski definition) is 2. The van der Waals surface area contributed by atoms with E-state index in [1.807, 2.05) is 12.4 Å². The average molecular weight is 225 g/mol. The normalized spacial score (nSPS) is 20.9. The average Bonchev–Trinajstić information content (AvgIpc) is 2.77. The SMILES string of the molecule is CCC1CCN(c2ccncc2CCl)C1. The van der Waals surface area contributed by atoms with Crippen molar-refractivity contribution in [1.29, 1.82) is 0 Å². The van der Waals surface area contributed by atoms with Gasteiger partial charge < -0.3 is 4.90 Å². The fraction of sp³-hybridized carbons (Fsp3) is 0.583. The zero-order valence-corrected chi connectivity index (χ0v) is 9.87. The van der Waals surface area contributed by atoms with Crippen LogP contribution in [0.5, 0.6) is 0 Å². The Bertz CT molecular complexity index is 327. The topological polar surface area (TPSA) is 16.1 Å². The van der Waals surface area contributed by atoms with Crippen molar-refractivity contribution in [2.75, 3.05) is 18.0 Å². The second kappa shape index (κ2) is 4.84. The summed E-state index contributed by atoms with van der Waals surface area (Å²) in [5.41, 5.74) is 2.42. The summed E-state index contributed by atoms with van der Waals surface area (Å²) >= 11 is 5.91. The van der Waals surface area contributed by atoms with Gasteiger partial charge in [-0.1, -0.05) is 13.3 Å². The van der Waals surface area contributed by atoms with Crippen molar-refractivity contribution in [2.45, 2.75) is 25.6 Å². The summed E-state index contributed by atoms with van der Waals surface area (Å²) in [6, 6.07) is 2.08. The van der Waals surface area contributed by atoms with Crippen LogP contribution in [0, 0.1) is 5.92 Å². The van der Waals surface area contributed by atoms with Crippen LogP contribution in [0.2, 0.25) is 0 Å².